The predicted molar refractivity (Wildman–Crippen MR) is 117 cm³/mol. The number of nitrogens with one attached hydrogen (secondary N) is 2. The van der Waals surface area contributed by atoms with Crippen molar-refractivity contribution in [2.45, 2.75) is 32.4 Å². The van der Waals surface area contributed by atoms with Crippen LogP contribution in [0.25, 0.3) is 0 Å². The maximum absolute atomic E-state index is 12.1. The quantitative estimate of drug-likeness (QED) is 0.432. The Morgan fingerprint density at radius 2 is 2.07 bits per heavy atom. The van der Waals surface area contributed by atoms with Gasteiger partial charge in [-0.1, -0.05) is 0 Å². The molecule has 1 amide bonds. The summed E-state index contributed by atoms with van der Waals surface area (Å²) >= 11 is 0. The van der Waals surface area contributed by atoms with E-state index >= 15 is 0 Å². The van der Waals surface area contributed by atoms with E-state index in [0.717, 1.165) is 17.1 Å². The van der Waals surface area contributed by atoms with Crippen LogP contribution in [0.5, 0.6) is 11.5 Å². The average Bonchev–Trinajstić information content (AvgIpc) is 3.05. The van der Waals surface area contributed by atoms with Crippen LogP contribution in [0.1, 0.15) is 25.3 Å². The maximum Gasteiger partial charge on any atom is 0.222 e. The summed E-state index contributed by atoms with van der Waals surface area (Å²) in [7, 11) is 2.13. The Kier molecular flexibility index (Phi) is 8.76. The molecular formula is C20H32N4O5S. The van der Waals surface area contributed by atoms with Gasteiger partial charge in [0.05, 0.1) is 32.3 Å². The lowest BCUT2D eigenvalue weighted by Crippen LogP contribution is -2.39. The van der Waals surface area contributed by atoms with Crippen molar-refractivity contribution in [1.29, 1.82) is 0 Å². The lowest BCUT2D eigenvalue weighted by molar-refractivity contribution is -0.121. The van der Waals surface area contributed by atoms with Crippen LogP contribution >= 0.6 is 0 Å². The van der Waals surface area contributed by atoms with Crippen LogP contribution in [-0.2, 0) is 21.2 Å². The third-order valence-electron chi connectivity index (χ3n) is 4.80. The summed E-state index contributed by atoms with van der Waals surface area (Å²) in [6.45, 7) is 3.53. The number of sulfone groups is 1. The van der Waals surface area contributed by atoms with E-state index in [9.17, 15) is 13.2 Å². The third-order valence-corrected chi connectivity index (χ3v) is 6.56. The van der Waals surface area contributed by atoms with E-state index in [2.05, 4.69) is 15.6 Å². The molecule has 0 bridgehead atoms. The molecule has 1 aliphatic heterocycles. The molecule has 1 aromatic rings. The Morgan fingerprint density at radius 3 is 2.67 bits per heavy atom. The molecule has 2 N–H and O–H groups in total. The second-order valence-electron chi connectivity index (χ2n) is 7.19. The topological polar surface area (TPSA) is 109 Å². The van der Waals surface area contributed by atoms with E-state index in [1.54, 1.807) is 14.2 Å². The molecule has 1 saturated heterocycles. The lowest BCUT2D eigenvalue weighted by atomic mass is 10.2. The highest BCUT2D eigenvalue weighted by Gasteiger charge is 2.28. The SMILES string of the molecule is CCNC(=NCCC(=O)NC1CCS(=O)(=O)C1)N(C)Cc1ccc(OC)cc1OC. The summed E-state index contributed by atoms with van der Waals surface area (Å²) < 4.78 is 33.7. The number of benzene rings is 1. The summed E-state index contributed by atoms with van der Waals surface area (Å²) in [6.07, 6.45) is 0.678. The number of amides is 1. The van der Waals surface area contributed by atoms with Gasteiger partial charge in [-0.2, -0.15) is 0 Å². The van der Waals surface area contributed by atoms with Gasteiger partial charge in [0.15, 0.2) is 15.8 Å². The summed E-state index contributed by atoms with van der Waals surface area (Å²) in [5.41, 5.74) is 0.978. The standard InChI is InChI=1S/C20H32N4O5S/c1-5-21-20(22-10-8-19(25)23-16-9-11-30(26,27)14-16)24(2)13-15-6-7-17(28-3)12-18(15)29-4/h6-7,12,16H,5,8-11,13-14H2,1-4H3,(H,21,22)(H,23,25). The maximum atomic E-state index is 12.1. The van der Waals surface area contributed by atoms with Crippen molar-refractivity contribution >= 4 is 21.7 Å². The smallest absolute Gasteiger partial charge is 0.222 e. The summed E-state index contributed by atoms with van der Waals surface area (Å²) in [6, 6.07) is 5.37. The molecule has 2 rings (SSSR count). The molecule has 1 aromatic carbocycles. The van der Waals surface area contributed by atoms with E-state index in [4.69, 9.17) is 9.47 Å². The van der Waals surface area contributed by atoms with Gasteiger partial charge < -0.3 is 25.0 Å². The molecule has 1 heterocycles. The highest BCUT2D eigenvalue weighted by molar-refractivity contribution is 7.91. The molecule has 0 aliphatic carbocycles. The van der Waals surface area contributed by atoms with Crippen molar-refractivity contribution in [3.8, 4) is 11.5 Å². The molecule has 0 aromatic heterocycles. The number of hydrogen-bond acceptors (Lipinski definition) is 6. The lowest BCUT2D eigenvalue weighted by Gasteiger charge is -2.23. The van der Waals surface area contributed by atoms with Crippen molar-refractivity contribution in [2.24, 2.45) is 4.99 Å². The van der Waals surface area contributed by atoms with Gasteiger partial charge in [0.2, 0.25) is 5.91 Å². The van der Waals surface area contributed by atoms with Crippen LogP contribution < -0.4 is 20.1 Å². The zero-order valence-electron chi connectivity index (χ0n) is 18.1. The van der Waals surface area contributed by atoms with Gasteiger partial charge in [0.1, 0.15) is 11.5 Å². The molecule has 1 aliphatic rings. The molecule has 0 radical (unpaired) electrons. The molecular weight excluding hydrogens is 408 g/mol. The van der Waals surface area contributed by atoms with Crippen LogP contribution in [-0.4, -0.2) is 77.1 Å². The Balaban J connectivity index is 1.93. The van der Waals surface area contributed by atoms with E-state index in [1.807, 2.05) is 37.1 Å². The fourth-order valence-electron chi connectivity index (χ4n) is 3.25. The van der Waals surface area contributed by atoms with Crippen molar-refractivity contribution in [3.05, 3.63) is 23.8 Å². The van der Waals surface area contributed by atoms with E-state index in [0.29, 0.717) is 32.0 Å². The average molecular weight is 441 g/mol. The Morgan fingerprint density at radius 1 is 1.30 bits per heavy atom. The molecule has 0 saturated carbocycles. The zero-order chi connectivity index (χ0) is 22.1. The van der Waals surface area contributed by atoms with Gasteiger partial charge in [-0.3, -0.25) is 9.79 Å². The minimum Gasteiger partial charge on any atom is -0.497 e. The van der Waals surface area contributed by atoms with E-state index in [1.165, 1.54) is 0 Å². The first kappa shape index (κ1) is 23.8. The number of methoxy groups -OCH3 is 2. The van der Waals surface area contributed by atoms with Crippen molar-refractivity contribution in [2.75, 3.05) is 45.9 Å². The summed E-state index contributed by atoms with van der Waals surface area (Å²) in [4.78, 5) is 18.6. The number of carbonyl (C=O) groups excluding carboxylic acids is 1. The van der Waals surface area contributed by atoms with Crippen molar-refractivity contribution < 1.29 is 22.7 Å². The molecule has 30 heavy (non-hydrogen) atoms. The number of rotatable bonds is 9. The normalized spacial score (nSPS) is 18.0. The highest BCUT2D eigenvalue weighted by Crippen LogP contribution is 2.25. The van der Waals surface area contributed by atoms with Gasteiger partial charge >= 0.3 is 0 Å². The number of hydrogen-bond donors (Lipinski definition) is 2. The molecule has 9 nitrogen and oxygen atoms in total. The van der Waals surface area contributed by atoms with Gasteiger partial charge in [-0.25, -0.2) is 8.42 Å². The Labute approximate surface area is 178 Å². The second-order valence-corrected chi connectivity index (χ2v) is 9.42. The second kappa shape index (κ2) is 11.1. The van der Waals surface area contributed by atoms with Crippen molar-refractivity contribution in [3.63, 3.8) is 0 Å². The fraction of sp³-hybridized carbons (Fsp3) is 0.600. The molecule has 10 heteroatoms. The van der Waals surface area contributed by atoms with E-state index in [-0.39, 0.29) is 29.9 Å². The number of ether oxygens (including phenoxy) is 2. The highest BCUT2D eigenvalue weighted by atomic mass is 32.2. The molecule has 1 atom stereocenters. The van der Waals surface area contributed by atoms with Crippen LogP contribution in [0.3, 0.4) is 0 Å². The molecule has 0 spiro atoms. The van der Waals surface area contributed by atoms with Gasteiger partial charge in [0, 0.05) is 44.2 Å². The molecule has 1 fully saturated rings. The largest absolute Gasteiger partial charge is 0.497 e. The number of guanidine groups is 1. The zero-order valence-corrected chi connectivity index (χ0v) is 18.9. The van der Waals surface area contributed by atoms with Gasteiger partial charge in [0.25, 0.3) is 0 Å². The number of nitrogens with zero attached hydrogens (tertiary/aromatic N) is 2. The van der Waals surface area contributed by atoms with Crippen LogP contribution in [0.15, 0.2) is 23.2 Å². The number of carbonyl (C=O) groups is 1. The minimum atomic E-state index is -3.01. The minimum absolute atomic E-state index is 0.0249. The fourth-order valence-corrected chi connectivity index (χ4v) is 4.93. The first-order valence-electron chi connectivity index (χ1n) is 9.98. The molecule has 168 valence electrons. The van der Waals surface area contributed by atoms with Crippen LogP contribution in [0, 0.1) is 0 Å². The first-order valence-corrected chi connectivity index (χ1v) is 11.8. The third kappa shape index (κ3) is 7.08. The summed E-state index contributed by atoms with van der Waals surface area (Å²) in [5.74, 6) is 2.10. The van der Waals surface area contributed by atoms with E-state index < -0.39 is 9.84 Å². The molecule has 1 unspecified atom stereocenters. The van der Waals surface area contributed by atoms with Crippen LogP contribution in [0.4, 0.5) is 0 Å². The van der Waals surface area contributed by atoms with Crippen LogP contribution in [0.2, 0.25) is 0 Å². The Hall–Kier alpha value is -2.49. The van der Waals surface area contributed by atoms with Gasteiger partial charge in [-0.15, -0.1) is 0 Å². The van der Waals surface area contributed by atoms with Crippen molar-refractivity contribution in [1.82, 2.24) is 15.5 Å². The Bertz CT molecular complexity index is 857. The van der Waals surface area contributed by atoms with Gasteiger partial charge in [-0.05, 0) is 25.5 Å². The monoisotopic (exact) mass is 440 g/mol. The predicted octanol–water partition coefficient (Wildman–Crippen LogP) is 0.795. The first-order chi connectivity index (χ1) is 14.3. The number of aliphatic imine (C=N–C) groups is 1. The summed E-state index contributed by atoms with van der Waals surface area (Å²) in [5, 5.41) is 6.01.